The number of anilines is 1. The summed E-state index contributed by atoms with van der Waals surface area (Å²) in [7, 11) is 0. The van der Waals surface area contributed by atoms with Crippen LogP contribution in [0.5, 0.6) is 0 Å². The van der Waals surface area contributed by atoms with Crippen LogP contribution in [0.25, 0.3) is 11.0 Å². The first-order valence-corrected chi connectivity index (χ1v) is 7.65. The second-order valence-corrected chi connectivity index (χ2v) is 5.72. The van der Waals surface area contributed by atoms with E-state index in [2.05, 4.69) is 40.8 Å². The number of aliphatic hydroxyl groups excluding tert-OH is 1. The minimum absolute atomic E-state index is 0.0395. The zero-order valence-electron chi connectivity index (χ0n) is 13.3. The molecule has 0 aliphatic carbocycles. The lowest BCUT2D eigenvalue weighted by molar-refractivity contribution is 0.310. The Hall–Kier alpha value is -2.40. The van der Waals surface area contributed by atoms with Crippen molar-refractivity contribution in [3.8, 4) is 0 Å². The highest BCUT2D eigenvalue weighted by Crippen LogP contribution is 2.24. The summed E-state index contributed by atoms with van der Waals surface area (Å²) >= 11 is 0. The third-order valence-electron chi connectivity index (χ3n) is 4.01. The minimum atomic E-state index is -0.241. The number of aromatic nitrogens is 2. The van der Waals surface area contributed by atoms with Gasteiger partial charge in [-0.3, -0.25) is 0 Å². The predicted molar refractivity (Wildman–Crippen MR) is 90.3 cm³/mol. The molecular formula is C18H20FN3O. The summed E-state index contributed by atoms with van der Waals surface area (Å²) in [4.78, 5) is 4.63. The van der Waals surface area contributed by atoms with Crippen LogP contribution in [0.15, 0.2) is 36.4 Å². The van der Waals surface area contributed by atoms with Gasteiger partial charge in [-0.25, -0.2) is 9.37 Å². The third-order valence-corrected chi connectivity index (χ3v) is 4.01. The van der Waals surface area contributed by atoms with E-state index in [1.165, 1.54) is 23.3 Å². The van der Waals surface area contributed by atoms with Crippen molar-refractivity contribution in [2.45, 2.75) is 20.4 Å². The second kappa shape index (κ2) is 6.38. The topological polar surface area (TPSA) is 50.1 Å². The molecule has 1 aromatic heterocycles. The van der Waals surface area contributed by atoms with Gasteiger partial charge in [0.2, 0.25) is 5.95 Å². The molecule has 5 heteroatoms. The Morgan fingerprint density at radius 3 is 2.52 bits per heavy atom. The lowest BCUT2D eigenvalue weighted by atomic mass is 10.1. The largest absolute Gasteiger partial charge is 0.395 e. The number of aryl methyl sites for hydroxylation is 2. The molecule has 0 fully saturated rings. The van der Waals surface area contributed by atoms with Gasteiger partial charge in [0.1, 0.15) is 5.82 Å². The van der Waals surface area contributed by atoms with Crippen molar-refractivity contribution in [1.29, 1.82) is 0 Å². The zero-order valence-corrected chi connectivity index (χ0v) is 13.3. The molecule has 4 nitrogen and oxygen atoms in total. The third kappa shape index (κ3) is 3.19. The molecule has 0 aliphatic rings. The Morgan fingerprint density at radius 1 is 1.13 bits per heavy atom. The van der Waals surface area contributed by atoms with Crippen LogP contribution in [-0.2, 0) is 6.54 Å². The average Bonchev–Trinajstić information content (AvgIpc) is 2.85. The molecule has 0 bridgehead atoms. The molecule has 23 heavy (non-hydrogen) atoms. The summed E-state index contributed by atoms with van der Waals surface area (Å²) < 4.78 is 15.2. The van der Waals surface area contributed by atoms with Gasteiger partial charge in [0.05, 0.1) is 24.2 Å². The maximum Gasteiger partial charge on any atom is 0.204 e. The number of hydrogen-bond acceptors (Lipinski definition) is 3. The van der Waals surface area contributed by atoms with E-state index < -0.39 is 0 Å². The molecule has 0 unspecified atom stereocenters. The summed E-state index contributed by atoms with van der Waals surface area (Å²) in [6, 6.07) is 10.7. The summed E-state index contributed by atoms with van der Waals surface area (Å²) in [6.45, 7) is 5.20. The van der Waals surface area contributed by atoms with Crippen LogP contribution in [0.3, 0.4) is 0 Å². The predicted octanol–water partition coefficient (Wildman–Crippen LogP) is 3.24. The van der Waals surface area contributed by atoms with Crippen molar-refractivity contribution in [3.05, 3.63) is 58.9 Å². The first-order chi connectivity index (χ1) is 11.1. The van der Waals surface area contributed by atoms with Crippen molar-refractivity contribution in [3.63, 3.8) is 0 Å². The first-order valence-electron chi connectivity index (χ1n) is 7.65. The Labute approximate surface area is 134 Å². The quantitative estimate of drug-likeness (QED) is 0.760. The zero-order chi connectivity index (χ0) is 16.4. The van der Waals surface area contributed by atoms with Crippen LogP contribution in [0.4, 0.5) is 10.3 Å². The molecule has 0 saturated heterocycles. The number of imidazole rings is 1. The van der Waals surface area contributed by atoms with Crippen LogP contribution >= 0.6 is 0 Å². The number of rotatable bonds is 5. The molecule has 120 valence electrons. The Kier molecular flexibility index (Phi) is 4.30. The Morgan fingerprint density at radius 2 is 1.83 bits per heavy atom. The highest BCUT2D eigenvalue weighted by molar-refractivity contribution is 5.80. The van der Waals surface area contributed by atoms with Gasteiger partial charge in [-0.05, 0) is 54.8 Å². The molecule has 0 atom stereocenters. The van der Waals surface area contributed by atoms with Crippen molar-refractivity contribution >= 4 is 17.0 Å². The molecule has 2 N–H and O–H groups in total. The van der Waals surface area contributed by atoms with Crippen molar-refractivity contribution in [2.24, 2.45) is 0 Å². The second-order valence-electron chi connectivity index (χ2n) is 5.72. The number of hydrogen-bond donors (Lipinski definition) is 2. The molecule has 0 spiro atoms. The van der Waals surface area contributed by atoms with E-state index in [4.69, 9.17) is 5.11 Å². The maximum atomic E-state index is 13.1. The molecule has 0 amide bonds. The summed E-state index contributed by atoms with van der Waals surface area (Å²) in [5.41, 5.74) is 5.33. The smallest absolute Gasteiger partial charge is 0.204 e. The van der Waals surface area contributed by atoms with Crippen molar-refractivity contribution in [1.82, 2.24) is 9.55 Å². The van der Waals surface area contributed by atoms with Gasteiger partial charge < -0.3 is 15.0 Å². The standard InChI is InChI=1S/C18H20FN3O/c1-12-9-16-17(10-13(12)2)22(18(21-16)20-7-8-23)11-14-3-5-15(19)6-4-14/h3-6,9-10,23H,7-8,11H2,1-2H3,(H,20,21). The summed E-state index contributed by atoms with van der Waals surface area (Å²) in [5.74, 6) is 0.470. The number of nitrogens with one attached hydrogen (secondary N) is 1. The fourth-order valence-corrected chi connectivity index (χ4v) is 2.62. The van der Waals surface area contributed by atoms with Gasteiger partial charge in [0.25, 0.3) is 0 Å². The molecule has 1 heterocycles. The van der Waals surface area contributed by atoms with E-state index in [1.54, 1.807) is 12.1 Å². The average molecular weight is 313 g/mol. The SMILES string of the molecule is Cc1cc2nc(NCCO)n(Cc3ccc(F)cc3)c2cc1C. The number of nitrogens with zero attached hydrogens (tertiary/aromatic N) is 2. The van der Waals surface area contributed by atoms with Gasteiger partial charge in [-0.1, -0.05) is 12.1 Å². The summed E-state index contributed by atoms with van der Waals surface area (Å²) in [6.07, 6.45) is 0. The monoisotopic (exact) mass is 313 g/mol. The lowest BCUT2D eigenvalue weighted by Crippen LogP contribution is -2.12. The van der Waals surface area contributed by atoms with Crippen LogP contribution in [0, 0.1) is 19.7 Å². The summed E-state index contributed by atoms with van der Waals surface area (Å²) in [5, 5.41) is 12.2. The molecule has 0 radical (unpaired) electrons. The first kappa shape index (κ1) is 15.5. The van der Waals surface area contributed by atoms with Crippen molar-refractivity contribution in [2.75, 3.05) is 18.5 Å². The van der Waals surface area contributed by atoms with Crippen LogP contribution in [0.2, 0.25) is 0 Å². The lowest BCUT2D eigenvalue weighted by Gasteiger charge is -2.11. The molecule has 3 rings (SSSR count). The van der Waals surface area contributed by atoms with Gasteiger partial charge in [0, 0.05) is 6.54 Å². The fourth-order valence-electron chi connectivity index (χ4n) is 2.62. The van der Waals surface area contributed by atoms with Gasteiger partial charge >= 0.3 is 0 Å². The molecular weight excluding hydrogens is 293 g/mol. The van der Waals surface area contributed by atoms with Crippen LogP contribution < -0.4 is 5.32 Å². The van der Waals surface area contributed by atoms with E-state index in [-0.39, 0.29) is 12.4 Å². The fraction of sp³-hybridized carbons (Fsp3) is 0.278. The van der Waals surface area contributed by atoms with E-state index in [0.29, 0.717) is 19.0 Å². The van der Waals surface area contributed by atoms with Crippen LogP contribution in [0.1, 0.15) is 16.7 Å². The Balaban J connectivity index is 2.07. The minimum Gasteiger partial charge on any atom is -0.395 e. The maximum absolute atomic E-state index is 13.1. The number of halogens is 1. The van der Waals surface area contributed by atoms with E-state index in [0.717, 1.165) is 16.6 Å². The van der Waals surface area contributed by atoms with E-state index in [1.807, 2.05) is 0 Å². The van der Waals surface area contributed by atoms with Gasteiger partial charge in [-0.15, -0.1) is 0 Å². The van der Waals surface area contributed by atoms with Gasteiger partial charge in [-0.2, -0.15) is 0 Å². The molecule has 0 aliphatic heterocycles. The number of benzene rings is 2. The van der Waals surface area contributed by atoms with Crippen molar-refractivity contribution < 1.29 is 9.50 Å². The van der Waals surface area contributed by atoms with E-state index in [9.17, 15) is 4.39 Å². The number of fused-ring (bicyclic) bond motifs is 1. The molecule has 0 saturated carbocycles. The normalized spacial score (nSPS) is 11.1. The van der Waals surface area contributed by atoms with E-state index >= 15 is 0 Å². The molecule has 3 aromatic rings. The molecule has 2 aromatic carbocycles. The van der Waals surface area contributed by atoms with Crippen LogP contribution in [-0.4, -0.2) is 27.8 Å². The Bertz CT molecular complexity index is 824. The highest BCUT2D eigenvalue weighted by Gasteiger charge is 2.12. The number of aliphatic hydroxyl groups is 1. The van der Waals surface area contributed by atoms with Gasteiger partial charge in [0.15, 0.2) is 0 Å². The highest BCUT2D eigenvalue weighted by atomic mass is 19.1.